The summed E-state index contributed by atoms with van der Waals surface area (Å²) in [5, 5.41) is 14.0. The average Bonchev–Trinajstić information content (AvgIpc) is 3.11. The van der Waals surface area contributed by atoms with Crippen LogP contribution in [0.3, 0.4) is 0 Å². The third kappa shape index (κ3) is 3.95. The standard InChI is InChI=1S/C15H18N4O3S/c1-21-12-3-2-10-6-11(9-22-13(10)7-12)15(20)16-4-5-23-14-8-17-19-18-14/h2-3,7-8,11H,4-6,9H2,1H3,(H,16,20)(H,17,18,19)/t11-/m0/s1. The number of aromatic amines is 1. The number of fused-ring (bicyclic) bond motifs is 1. The van der Waals surface area contributed by atoms with E-state index >= 15 is 0 Å². The number of ether oxygens (including phenoxy) is 2. The fraction of sp³-hybridized carbons (Fsp3) is 0.400. The van der Waals surface area contributed by atoms with Crippen molar-refractivity contribution in [2.24, 2.45) is 5.92 Å². The van der Waals surface area contributed by atoms with Crippen LogP contribution >= 0.6 is 11.8 Å². The van der Waals surface area contributed by atoms with E-state index in [4.69, 9.17) is 9.47 Å². The van der Waals surface area contributed by atoms with E-state index in [1.807, 2.05) is 18.2 Å². The first-order valence-electron chi connectivity index (χ1n) is 7.32. The third-order valence-corrected chi connectivity index (χ3v) is 4.50. The number of rotatable bonds is 6. The highest BCUT2D eigenvalue weighted by Crippen LogP contribution is 2.31. The number of thioether (sulfide) groups is 1. The summed E-state index contributed by atoms with van der Waals surface area (Å²) in [7, 11) is 1.62. The molecular weight excluding hydrogens is 316 g/mol. The number of hydrogen-bond donors (Lipinski definition) is 2. The largest absolute Gasteiger partial charge is 0.497 e. The van der Waals surface area contributed by atoms with Gasteiger partial charge in [-0.05, 0) is 18.1 Å². The van der Waals surface area contributed by atoms with Crippen molar-refractivity contribution < 1.29 is 14.3 Å². The van der Waals surface area contributed by atoms with E-state index in [0.29, 0.717) is 19.6 Å². The monoisotopic (exact) mass is 334 g/mol. The molecule has 2 heterocycles. The Hall–Kier alpha value is -2.22. The van der Waals surface area contributed by atoms with Crippen LogP contribution in [0.25, 0.3) is 0 Å². The molecule has 1 aromatic carbocycles. The van der Waals surface area contributed by atoms with Crippen molar-refractivity contribution in [2.45, 2.75) is 11.4 Å². The van der Waals surface area contributed by atoms with E-state index in [1.165, 1.54) is 0 Å². The molecule has 1 aromatic heterocycles. The van der Waals surface area contributed by atoms with Gasteiger partial charge in [0.2, 0.25) is 5.91 Å². The molecule has 0 fully saturated rings. The molecule has 0 aliphatic carbocycles. The van der Waals surface area contributed by atoms with Crippen molar-refractivity contribution in [1.29, 1.82) is 0 Å². The van der Waals surface area contributed by atoms with Gasteiger partial charge in [-0.1, -0.05) is 6.07 Å². The molecule has 0 radical (unpaired) electrons. The van der Waals surface area contributed by atoms with Gasteiger partial charge in [-0.15, -0.1) is 16.9 Å². The molecule has 0 unspecified atom stereocenters. The number of aromatic nitrogens is 3. The summed E-state index contributed by atoms with van der Waals surface area (Å²) in [4.78, 5) is 12.2. The number of hydrogen-bond acceptors (Lipinski definition) is 6. The van der Waals surface area contributed by atoms with E-state index in [1.54, 1.807) is 25.1 Å². The van der Waals surface area contributed by atoms with Gasteiger partial charge in [0.25, 0.3) is 0 Å². The zero-order chi connectivity index (χ0) is 16.1. The van der Waals surface area contributed by atoms with Crippen LogP contribution in [-0.4, -0.2) is 47.3 Å². The minimum Gasteiger partial charge on any atom is -0.497 e. The molecular formula is C15H18N4O3S. The van der Waals surface area contributed by atoms with Crippen LogP contribution in [0, 0.1) is 5.92 Å². The Kier molecular flexibility index (Phi) is 5.02. The zero-order valence-corrected chi connectivity index (χ0v) is 13.6. The van der Waals surface area contributed by atoms with E-state index < -0.39 is 0 Å². The first kappa shape index (κ1) is 15.7. The Morgan fingerprint density at radius 1 is 1.57 bits per heavy atom. The van der Waals surface area contributed by atoms with E-state index in [-0.39, 0.29) is 11.8 Å². The highest BCUT2D eigenvalue weighted by atomic mass is 32.2. The molecule has 3 rings (SSSR count). The quantitative estimate of drug-likeness (QED) is 0.611. The van der Waals surface area contributed by atoms with Gasteiger partial charge in [0.05, 0.1) is 19.2 Å². The fourth-order valence-corrected chi connectivity index (χ4v) is 3.03. The molecule has 0 saturated carbocycles. The maximum atomic E-state index is 12.2. The van der Waals surface area contributed by atoms with Crippen molar-refractivity contribution in [2.75, 3.05) is 26.0 Å². The van der Waals surface area contributed by atoms with Crippen molar-refractivity contribution >= 4 is 17.7 Å². The summed E-state index contributed by atoms with van der Waals surface area (Å²) in [6.07, 6.45) is 2.34. The molecule has 1 amide bonds. The normalized spacial score (nSPS) is 16.3. The predicted molar refractivity (Wildman–Crippen MR) is 85.8 cm³/mol. The Balaban J connectivity index is 1.47. The van der Waals surface area contributed by atoms with Crippen molar-refractivity contribution in [3.05, 3.63) is 30.0 Å². The third-order valence-electron chi connectivity index (χ3n) is 3.60. The van der Waals surface area contributed by atoms with E-state index in [9.17, 15) is 4.79 Å². The molecule has 8 heteroatoms. The smallest absolute Gasteiger partial charge is 0.226 e. The number of nitrogens with one attached hydrogen (secondary N) is 2. The van der Waals surface area contributed by atoms with Gasteiger partial charge in [-0.3, -0.25) is 4.79 Å². The van der Waals surface area contributed by atoms with Gasteiger partial charge in [-0.2, -0.15) is 10.3 Å². The number of amides is 1. The summed E-state index contributed by atoms with van der Waals surface area (Å²) in [6, 6.07) is 5.70. The molecule has 7 nitrogen and oxygen atoms in total. The molecule has 23 heavy (non-hydrogen) atoms. The van der Waals surface area contributed by atoms with Gasteiger partial charge in [0, 0.05) is 18.4 Å². The topological polar surface area (TPSA) is 89.1 Å². The lowest BCUT2D eigenvalue weighted by molar-refractivity contribution is -0.126. The molecule has 1 aliphatic rings. The van der Waals surface area contributed by atoms with Crippen LogP contribution in [0.4, 0.5) is 0 Å². The lowest BCUT2D eigenvalue weighted by Crippen LogP contribution is -2.38. The molecule has 1 atom stereocenters. The Morgan fingerprint density at radius 3 is 3.26 bits per heavy atom. The molecule has 1 aliphatic heterocycles. The van der Waals surface area contributed by atoms with Crippen molar-refractivity contribution in [1.82, 2.24) is 20.7 Å². The van der Waals surface area contributed by atoms with Gasteiger partial charge < -0.3 is 14.8 Å². The van der Waals surface area contributed by atoms with Crippen molar-refractivity contribution in [3.63, 3.8) is 0 Å². The van der Waals surface area contributed by atoms with Gasteiger partial charge in [0.15, 0.2) is 0 Å². The van der Waals surface area contributed by atoms with Crippen LogP contribution in [0.15, 0.2) is 29.4 Å². The molecule has 0 bridgehead atoms. The van der Waals surface area contributed by atoms with Crippen LogP contribution in [-0.2, 0) is 11.2 Å². The Bertz CT molecular complexity index is 663. The maximum absolute atomic E-state index is 12.2. The predicted octanol–water partition coefficient (Wildman–Crippen LogP) is 1.27. The first-order valence-corrected chi connectivity index (χ1v) is 8.31. The second-order valence-corrected chi connectivity index (χ2v) is 6.25. The molecule has 0 spiro atoms. The number of methoxy groups -OCH3 is 1. The zero-order valence-electron chi connectivity index (χ0n) is 12.7. The SMILES string of the molecule is COc1ccc2c(c1)OC[C@@H](C(=O)NCCSc1cn[nH]n1)C2. The molecule has 2 aromatic rings. The fourth-order valence-electron chi connectivity index (χ4n) is 2.38. The lowest BCUT2D eigenvalue weighted by Gasteiger charge is -2.25. The summed E-state index contributed by atoms with van der Waals surface area (Å²) in [6.45, 7) is 0.977. The number of carbonyl (C=O) groups excluding carboxylic acids is 1. The van der Waals surface area contributed by atoms with E-state index in [0.717, 1.165) is 27.8 Å². The minimum atomic E-state index is -0.159. The number of nitrogens with zero attached hydrogens (tertiary/aromatic N) is 2. The van der Waals surface area contributed by atoms with Crippen LogP contribution in [0.5, 0.6) is 11.5 Å². The Morgan fingerprint density at radius 2 is 2.48 bits per heavy atom. The number of carbonyl (C=O) groups is 1. The van der Waals surface area contributed by atoms with Crippen LogP contribution in [0.1, 0.15) is 5.56 Å². The number of H-pyrrole nitrogens is 1. The van der Waals surface area contributed by atoms with E-state index in [2.05, 4.69) is 20.7 Å². The summed E-state index contributed by atoms with van der Waals surface area (Å²) in [5.74, 6) is 2.17. The van der Waals surface area contributed by atoms with Gasteiger partial charge >= 0.3 is 0 Å². The van der Waals surface area contributed by atoms with Crippen molar-refractivity contribution in [3.8, 4) is 11.5 Å². The van der Waals surface area contributed by atoms with Gasteiger partial charge in [-0.25, -0.2) is 0 Å². The molecule has 122 valence electrons. The Labute approximate surface area is 138 Å². The van der Waals surface area contributed by atoms with Crippen LogP contribution < -0.4 is 14.8 Å². The van der Waals surface area contributed by atoms with Gasteiger partial charge in [0.1, 0.15) is 23.1 Å². The average molecular weight is 334 g/mol. The highest BCUT2D eigenvalue weighted by molar-refractivity contribution is 7.99. The maximum Gasteiger partial charge on any atom is 0.226 e. The highest BCUT2D eigenvalue weighted by Gasteiger charge is 2.26. The second kappa shape index (κ2) is 7.36. The molecule has 0 saturated heterocycles. The summed E-state index contributed by atoms with van der Waals surface area (Å²) < 4.78 is 10.9. The minimum absolute atomic E-state index is 0.0206. The first-order chi connectivity index (χ1) is 11.3. The summed E-state index contributed by atoms with van der Waals surface area (Å²) >= 11 is 1.54. The lowest BCUT2D eigenvalue weighted by atomic mass is 9.96. The second-order valence-electron chi connectivity index (χ2n) is 5.13. The van der Waals surface area contributed by atoms with Crippen LogP contribution in [0.2, 0.25) is 0 Å². The molecule has 2 N–H and O–H groups in total. The summed E-state index contributed by atoms with van der Waals surface area (Å²) in [5.41, 5.74) is 1.04. The number of benzene rings is 1.